The number of hydrogen-bond donors (Lipinski definition) is 2. The van der Waals surface area contributed by atoms with Crippen LogP contribution < -0.4 is 10.6 Å². The van der Waals surface area contributed by atoms with Gasteiger partial charge in [0, 0.05) is 46.4 Å². The lowest BCUT2D eigenvalue weighted by Crippen LogP contribution is -2.43. The molecule has 1 fully saturated rings. The highest BCUT2D eigenvalue weighted by Crippen LogP contribution is 2.25. The van der Waals surface area contributed by atoms with Crippen LogP contribution in [0.4, 0.5) is 0 Å². The van der Waals surface area contributed by atoms with E-state index in [4.69, 9.17) is 4.74 Å². The Kier molecular flexibility index (Phi) is 8.63. The molecule has 1 saturated carbocycles. The molecule has 1 aliphatic rings. The van der Waals surface area contributed by atoms with E-state index in [-0.39, 0.29) is 0 Å². The first-order chi connectivity index (χ1) is 11.8. The first-order valence-electron chi connectivity index (χ1n) is 9.05. The van der Waals surface area contributed by atoms with E-state index in [1.165, 1.54) is 18.4 Å². The molecule has 134 valence electrons. The summed E-state index contributed by atoms with van der Waals surface area (Å²) < 4.78 is 5.20. The fourth-order valence-corrected chi connectivity index (χ4v) is 2.81. The van der Waals surface area contributed by atoms with Crippen LogP contribution in [0.25, 0.3) is 0 Å². The predicted molar refractivity (Wildman–Crippen MR) is 101 cm³/mol. The summed E-state index contributed by atoms with van der Waals surface area (Å²) in [5.74, 6) is 0.894. The molecule has 0 amide bonds. The first kappa shape index (κ1) is 18.7. The van der Waals surface area contributed by atoms with Gasteiger partial charge in [0.25, 0.3) is 0 Å². The monoisotopic (exact) mass is 332 g/mol. The number of benzene rings is 1. The maximum absolute atomic E-state index is 5.20. The molecule has 0 heterocycles. The molecule has 0 radical (unpaired) electrons. The maximum Gasteiger partial charge on any atom is 0.191 e. The Morgan fingerprint density at radius 3 is 2.58 bits per heavy atom. The predicted octanol–water partition coefficient (Wildman–Crippen LogP) is 1.89. The zero-order chi connectivity index (χ0) is 17.0. The second-order valence-electron chi connectivity index (χ2n) is 6.27. The average Bonchev–Trinajstić information content (AvgIpc) is 3.45. The summed E-state index contributed by atoms with van der Waals surface area (Å²) in [5.41, 5.74) is 1.39. The van der Waals surface area contributed by atoms with Gasteiger partial charge in [-0.15, -0.1) is 0 Å². The molecule has 0 atom stereocenters. The van der Waals surface area contributed by atoms with Gasteiger partial charge in [-0.25, -0.2) is 0 Å². The molecule has 0 saturated heterocycles. The molecule has 24 heavy (non-hydrogen) atoms. The van der Waals surface area contributed by atoms with E-state index in [0.29, 0.717) is 0 Å². The fourth-order valence-electron chi connectivity index (χ4n) is 2.81. The van der Waals surface area contributed by atoms with Crippen molar-refractivity contribution < 1.29 is 4.74 Å². The average molecular weight is 332 g/mol. The SMILES string of the molecule is CN=C(NCCCc1ccccc1)NCCN(CCOC)C1CC1. The second kappa shape index (κ2) is 11.0. The summed E-state index contributed by atoms with van der Waals surface area (Å²) in [6.45, 7) is 4.72. The minimum atomic E-state index is 0.766. The van der Waals surface area contributed by atoms with Crippen LogP contribution in [0.1, 0.15) is 24.8 Å². The topological polar surface area (TPSA) is 48.9 Å². The Morgan fingerprint density at radius 2 is 1.92 bits per heavy atom. The van der Waals surface area contributed by atoms with E-state index in [0.717, 1.165) is 57.6 Å². The smallest absolute Gasteiger partial charge is 0.191 e. The highest BCUT2D eigenvalue weighted by Gasteiger charge is 2.28. The van der Waals surface area contributed by atoms with Gasteiger partial charge in [0.15, 0.2) is 5.96 Å². The van der Waals surface area contributed by atoms with Gasteiger partial charge >= 0.3 is 0 Å². The van der Waals surface area contributed by atoms with E-state index in [2.05, 4.69) is 50.9 Å². The summed E-state index contributed by atoms with van der Waals surface area (Å²) in [4.78, 5) is 6.82. The van der Waals surface area contributed by atoms with Gasteiger partial charge in [-0.3, -0.25) is 9.89 Å². The molecule has 2 N–H and O–H groups in total. The Bertz CT molecular complexity index is 474. The molecular formula is C19H32N4O. The summed E-state index contributed by atoms with van der Waals surface area (Å²) >= 11 is 0. The molecule has 5 heteroatoms. The van der Waals surface area contributed by atoms with E-state index in [9.17, 15) is 0 Å². The van der Waals surface area contributed by atoms with Crippen molar-refractivity contribution in [3.05, 3.63) is 35.9 Å². The number of nitrogens with zero attached hydrogens (tertiary/aromatic N) is 2. The van der Waals surface area contributed by atoms with Crippen LogP contribution in [-0.2, 0) is 11.2 Å². The number of ether oxygens (including phenoxy) is 1. The van der Waals surface area contributed by atoms with Gasteiger partial charge in [-0.05, 0) is 31.2 Å². The van der Waals surface area contributed by atoms with Crippen molar-refractivity contribution in [2.45, 2.75) is 31.7 Å². The molecule has 5 nitrogen and oxygen atoms in total. The van der Waals surface area contributed by atoms with Gasteiger partial charge in [0.1, 0.15) is 0 Å². The molecule has 1 aliphatic carbocycles. The van der Waals surface area contributed by atoms with E-state index in [1.54, 1.807) is 7.11 Å². The van der Waals surface area contributed by atoms with Crippen molar-refractivity contribution in [3.8, 4) is 0 Å². The van der Waals surface area contributed by atoms with Crippen molar-refractivity contribution in [3.63, 3.8) is 0 Å². The Labute approximate surface area is 146 Å². The van der Waals surface area contributed by atoms with Crippen LogP contribution >= 0.6 is 0 Å². The molecular weight excluding hydrogens is 300 g/mol. The number of aryl methyl sites for hydroxylation is 1. The molecule has 0 aromatic heterocycles. The number of rotatable bonds is 11. The first-order valence-corrected chi connectivity index (χ1v) is 9.05. The number of aliphatic imine (C=N–C) groups is 1. The van der Waals surface area contributed by atoms with Crippen molar-refractivity contribution in [1.29, 1.82) is 0 Å². The van der Waals surface area contributed by atoms with Crippen LogP contribution in [0, 0.1) is 0 Å². The molecule has 1 aromatic carbocycles. The van der Waals surface area contributed by atoms with Crippen LogP contribution in [0.3, 0.4) is 0 Å². The van der Waals surface area contributed by atoms with Crippen LogP contribution in [0.15, 0.2) is 35.3 Å². The number of methoxy groups -OCH3 is 1. The Morgan fingerprint density at radius 1 is 1.17 bits per heavy atom. The zero-order valence-corrected chi connectivity index (χ0v) is 15.1. The lowest BCUT2D eigenvalue weighted by molar-refractivity contribution is 0.144. The largest absolute Gasteiger partial charge is 0.383 e. The zero-order valence-electron chi connectivity index (χ0n) is 15.1. The lowest BCUT2D eigenvalue weighted by atomic mass is 10.1. The van der Waals surface area contributed by atoms with Crippen molar-refractivity contribution in [1.82, 2.24) is 15.5 Å². The standard InChI is InChI=1S/C19H32N4O/c1-20-19(21-12-6-9-17-7-4-3-5-8-17)22-13-14-23(15-16-24-2)18-10-11-18/h3-5,7-8,18H,6,9-16H2,1-2H3,(H2,20,21,22). The highest BCUT2D eigenvalue weighted by atomic mass is 16.5. The lowest BCUT2D eigenvalue weighted by Gasteiger charge is -2.22. The molecule has 0 aliphatic heterocycles. The van der Waals surface area contributed by atoms with Gasteiger partial charge in [0.2, 0.25) is 0 Å². The van der Waals surface area contributed by atoms with Crippen molar-refractivity contribution in [2.24, 2.45) is 4.99 Å². The van der Waals surface area contributed by atoms with Gasteiger partial charge < -0.3 is 15.4 Å². The maximum atomic E-state index is 5.20. The Hall–Kier alpha value is -1.59. The molecule has 0 bridgehead atoms. The van der Waals surface area contributed by atoms with E-state index >= 15 is 0 Å². The summed E-state index contributed by atoms with van der Waals surface area (Å²) in [6.07, 6.45) is 4.86. The number of hydrogen-bond acceptors (Lipinski definition) is 3. The molecule has 0 unspecified atom stereocenters. The number of guanidine groups is 1. The molecule has 2 rings (SSSR count). The van der Waals surface area contributed by atoms with Crippen LogP contribution in [0.2, 0.25) is 0 Å². The minimum absolute atomic E-state index is 0.766. The molecule has 1 aromatic rings. The summed E-state index contributed by atoms with van der Waals surface area (Å²) in [6, 6.07) is 11.4. The Balaban J connectivity index is 1.58. The molecule has 0 spiro atoms. The third-order valence-corrected chi connectivity index (χ3v) is 4.34. The van der Waals surface area contributed by atoms with Crippen molar-refractivity contribution >= 4 is 5.96 Å². The quantitative estimate of drug-likeness (QED) is 0.369. The van der Waals surface area contributed by atoms with Crippen LogP contribution in [0.5, 0.6) is 0 Å². The summed E-state index contributed by atoms with van der Waals surface area (Å²) in [7, 11) is 3.60. The number of nitrogens with one attached hydrogen (secondary N) is 2. The minimum Gasteiger partial charge on any atom is -0.383 e. The normalized spacial score (nSPS) is 14.9. The second-order valence-corrected chi connectivity index (χ2v) is 6.27. The van der Waals surface area contributed by atoms with Crippen LogP contribution in [-0.4, -0.2) is 63.8 Å². The van der Waals surface area contributed by atoms with Crippen molar-refractivity contribution in [2.75, 3.05) is 46.9 Å². The van der Waals surface area contributed by atoms with Gasteiger partial charge in [-0.1, -0.05) is 30.3 Å². The van der Waals surface area contributed by atoms with E-state index < -0.39 is 0 Å². The summed E-state index contributed by atoms with van der Waals surface area (Å²) in [5, 5.41) is 6.81. The third kappa shape index (κ3) is 7.32. The third-order valence-electron chi connectivity index (χ3n) is 4.34. The van der Waals surface area contributed by atoms with Gasteiger partial charge in [-0.2, -0.15) is 0 Å². The van der Waals surface area contributed by atoms with E-state index in [1.807, 2.05) is 7.05 Å². The fraction of sp³-hybridized carbons (Fsp3) is 0.632. The van der Waals surface area contributed by atoms with Gasteiger partial charge in [0.05, 0.1) is 6.61 Å². The highest BCUT2D eigenvalue weighted by molar-refractivity contribution is 5.79.